The smallest absolute Gasteiger partial charge is 0.127 e. The maximum Gasteiger partial charge on any atom is 0.127 e. The minimum absolute atomic E-state index is 0.240. The first-order valence-corrected chi connectivity index (χ1v) is 11.1. The van der Waals surface area contributed by atoms with Crippen LogP contribution >= 0.6 is 0 Å². The molecule has 33 heavy (non-hydrogen) atoms. The largest absolute Gasteiger partial charge is 0.457 e. The van der Waals surface area contributed by atoms with Gasteiger partial charge in [-0.1, -0.05) is 24.3 Å². The molecule has 5 heteroatoms. The minimum atomic E-state index is 0.240. The molecule has 4 aromatic rings. The fraction of sp³-hybridized carbons (Fsp3) is 0.143. The summed E-state index contributed by atoms with van der Waals surface area (Å²) < 4.78 is 11.9. The number of rotatable bonds is 9. The highest BCUT2D eigenvalue weighted by Gasteiger charge is 2.14. The van der Waals surface area contributed by atoms with Gasteiger partial charge in [-0.25, -0.2) is 0 Å². The van der Waals surface area contributed by atoms with Gasteiger partial charge in [0.05, 0.1) is 0 Å². The normalized spacial score (nSPS) is 10.8. The topological polar surface area (TPSA) is 96.5 Å². The Morgan fingerprint density at radius 2 is 0.848 bits per heavy atom. The predicted molar refractivity (Wildman–Crippen MR) is 135 cm³/mol. The molecule has 6 N–H and O–H groups in total. The lowest BCUT2D eigenvalue weighted by Gasteiger charge is -2.19. The summed E-state index contributed by atoms with van der Waals surface area (Å²) in [6, 6.07) is 31.2. The molecule has 5 nitrogen and oxygen atoms in total. The van der Waals surface area contributed by atoms with Crippen LogP contribution in [0, 0.1) is 0 Å². The van der Waals surface area contributed by atoms with Crippen LogP contribution in [0.4, 0.5) is 11.4 Å². The summed E-state index contributed by atoms with van der Waals surface area (Å²) in [4.78, 5) is 0. The summed E-state index contributed by atoms with van der Waals surface area (Å²) in [5.41, 5.74) is 21.2. The third-order valence-electron chi connectivity index (χ3n) is 5.49. The number of nitrogens with two attached hydrogens (primary N) is 3. The van der Waals surface area contributed by atoms with E-state index >= 15 is 0 Å². The Bertz CT molecular complexity index is 1050. The molecule has 4 aromatic carbocycles. The van der Waals surface area contributed by atoms with Gasteiger partial charge < -0.3 is 26.7 Å². The second-order valence-electron chi connectivity index (χ2n) is 7.96. The number of benzene rings is 4. The van der Waals surface area contributed by atoms with Gasteiger partial charge in [-0.3, -0.25) is 0 Å². The molecular formula is C28H29N3O2. The van der Waals surface area contributed by atoms with Crippen LogP contribution < -0.4 is 26.7 Å². The SMILES string of the molecule is NCCCC(c1ccc(Oc2ccc(N)cc2)cc1)c1ccc(Oc2ccc(N)cc2)cc1. The highest BCUT2D eigenvalue weighted by Crippen LogP contribution is 2.33. The van der Waals surface area contributed by atoms with Crippen LogP contribution in [0.3, 0.4) is 0 Å². The van der Waals surface area contributed by atoms with Gasteiger partial charge >= 0.3 is 0 Å². The quantitative estimate of drug-likeness (QED) is 0.266. The van der Waals surface area contributed by atoms with Gasteiger partial charge in [0.2, 0.25) is 0 Å². The third-order valence-corrected chi connectivity index (χ3v) is 5.49. The molecule has 0 radical (unpaired) electrons. The fourth-order valence-electron chi connectivity index (χ4n) is 3.73. The Kier molecular flexibility index (Phi) is 7.12. The van der Waals surface area contributed by atoms with E-state index in [0.717, 1.165) is 35.8 Å². The Morgan fingerprint density at radius 3 is 1.18 bits per heavy atom. The van der Waals surface area contributed by atoms with E-state index in [1.54, 1.807) is 0 Å². The molecule has 0 aliphatic rings. The molecule has 0 aromatic heterocycles. The lowest BCUT2D eigenvalue weighted by Crippen LogP contribution is -2.06. The third kappa shape index (κ3) is 6.05. The average Bonchev–Trinajstić information content (AvgIpc) is 2.84. The van der Waals surface area contributed by atoms with Gasteiger partial charge in [-0.2, -0.15) is 0 Å². The Balaban J connectivity index is 1.48. The van der Waals surface area contributed by atoms with Crippen molar-refractivity contribution in [2.45, 2.75) is 18.8 Å². The predicted octanol–water partition coefficient (Wildman–Crippen LogP) is 6.31. The number of anilines is 2. The van der Waals surface area contributed by atoms with Crippen LogP contribution in [0.15, 0.2) is 97.1 Å². The number of hydrogen-bond acceptors (Lipinski definition) is 5. The van der Waals surface area contributed by atoms with E-state index < -0.39 is 0 Å². The Hall–Kier alpha value is -3.96. The summed E-state index contributed by atoms with van der Waals surface area (Å²) in [7, 11) is 0. The van der Waals surface area contributed by atoms with E-state index in [1.165, 1.54) is 11.1 Å². The van der Waals surface area contributed by atoms with Gasteiger partial charge in [0.15, 0.2) is 0 Å². The van der Waals surface area contributed by atoms with Crippen LogP contribution in [-0.4, -0.2) is 6.54 Å². The van der Waals surface area contributed by atoms with Crippen molar-refractivity contribution in [3.8, 4) is 23.0 Å². The monoisotopic (exact) mass is 439 g/mol. The maximum atomic E-state index is 5.93. The second kappa shape index (κ2) is 10.6. The molecule has 0 heterocycles. The van der Waals surface area contributed by atoms with Crippen molar-refractivity contribution >= 4 is 11.4 Å². The van der Waals surface area contributed by atoms with Crippen LogP contribution in [0.1, 0.15) is 29.9 Å². The molecule has 0 spiro atoms. The molecule has 0 bridgehead atoms. The summed E-state index contributed by atoms with van der Waals surface area (Å²) in [5, 5.41) is 0. The van der Waals surface area contributed by atoms with Crippen molar-refractivity contribution in [1.29, 1.82) is 0 Å². The highest BCUT2D eigenvalue weighted by atomic mass is 16.5. The van der Waals surface area contributed by atoms with E-state index in [-0.39, 0.29) is 5.92 Å². The Labute approximate surface area is 194 Å². The van der Waals surface area contributed by atoms with E-state index in [2.05, 4.69) is 24.3 Å². The molecule has 0 amide bonds. The molecule has 0 unspecified atom stereocenters. The first-order chi connectivity index (χ1) is 16.1. The maximum absolute atomic E-state index is 5.93. The van der Waals surface area contributed by atoms with Crippen LogP contribution in [0.2, 0.25) is 0 Å². The fourth-order valence-corrected chi connectivity index (χ4v) is 3.73. The van der Waals surface area contributed by atoms with E-state index in [0.29, 0.717) is 17.9 Å². The molecule has 0 saturated heterocycles. The average molecular weight is 440 g/mol. The Morgan fingerprint density at radius 1 is 0.515 bits per heavy atom. The molecule has 0 saturated carbocycles. The lowest BCUT2D eigenvalue weighted by atomic mass is 9.87. The summed E-state index contributed by atoms with van der Waals surface area (Å²) in [5.74, 6) is 3.33. The van der Waals surface area contributed by atoms with Gasteiger partial charge in [0.25, 0.3) is 0 Å². The van der Waals surface area contributed by atoms with Crippen molar-refractivity contribution < 1.29 is 9.47 Å². The molecule has 0 atom stereocenters. The van der Waals surface area contributed by atoms with Crippen molar-refractivity contribution in [3.63, 3.8) is 0 Å². The first-order valence-electron chi connectivity index (χ1n) is 11.1. The number of nitrogen functional groups attached to an aromatic ring is 2. The number of ether oxygens (including phenoxy) is 2. The summed E-state index contributed by atoms with van der Waals surface area (Å²) >= 11 is 0. The second-order valence-corrected chi connectivity index (χ2v) is 7.96. The molecule has 0 fully saturated rings. The summed E-state index contributed by atoms with van der Waals surface area (Å²) in [6.45, 7) is 0.660. The zero-order valence-corrected chi connectivity index (χ0v) is 18.5. The molecular weight excluding hydrogens is 410 g/mol. The van der Waals surface area contributed by atoms with Crippen LogP contribution in [0.5, 0.6) is 23.0 Å². The van der Waals surface area contributed by atoms with Crippen molar-refractivity contribution in [3.05, 3.63) is 108 Å². The van der Waals surface area contributed by atoms with E-state index in [4.69, 9.17) is 26.7 Å². The molecule has 168 valence electrons. The number of hydrogen-bond donors (Lipinski definition) is 3. The van der Waals surface area contributed by atoms with Crippen LogP contribution in [-0.2, 0) is 0 Å². The van der Waals surface area contributed by atoms with Crippen LogP contribution in [0.25, 0.3) is 0 Å². The molecule has 0 aliphatic heterocycles. The van der Waals surface area contributed by atoms with Gasteiger partial charge in [0.1, 0.15) is 23.0 Å². The standard InChI is InChI=1S/C28H29N3O2/c29-19-1-2-28(20-3-11-24(12-4-20)32-26-15-7-22(30)8-16-26)21-5-13-25(14-6-21)33-27-17-9-23(31)10-18-27/h3-18,28H,1-2,19,29-31H2. The van der Waals surface area contributed by atoms with Crippen molar-refractivity contribution in [1.82, 2.24) is 0 Å². The first kappa shape index (κ1) is 22.2. The molecule has 0 aliphatic carbocycles. The van der Waals surface area contributed by atoms with Gasteiger partial charge in [-0.05, 0) is 103 Å². The zero-order chi connectivity index (χ0) is 23.0. The van der Waals surface area contributed by atoms with E-state index in [9.17, 15) is 0 Å². The van der Waals surface area contributed by atoms with Crippen molar-refractivity contribution in [2.75, 3.05) is 18.0 Å². The summed E-state index contributed by atoms with van der Waals surface area (Å²) in [6.07, 6.45) is 1.91. The lowest BCUT2D eigenvalue weighted by molar-refractivity contribution is 0.482. The van der Waals surface area contributed by atoms with Gasteiger partial charge in [-0.15, -0.1) is 0 Å². The molecule has 4 rings (SSSR count). The minimum Gasteiger partial charge on any atom is -0.457 e. The van der Waals surface area contributed by atoms with E-state index in [1.807, 2.05) is 72.8 Å². The highest BCUT2D eigenvalue weighted by molar-refractivity contribution is 5.45. The zero-order valence-electron chi connectivity index (χ0n) is 18.5. The van der Waals surface area contributed by atoms with Gasteiger partial charge in [0, 0.05) is 17.3 Å². The van der Waals surface area contributed by atoms with Crippen molar-refractivity contribution in [2.24, 2.45) is 5.73 Å².